The van der Waals surface area contributed by atoms with Crippen molar-refractivity contribution in [2.75, 3.05) is 17.7 Å². The van der Waals surface area contributed by atoms with E-state index >= 15 is 0 Å². The van der Waals surface area contributed by atoms with Crippen LogP contribution < -0.4 is 5.32 Å². The lowest BCUT2D eigenvalue weighted by molar-refractivity contribution is -0.137. The highest BCUT2D eigenvalue weighted by Gasteiger charge is 2.30. The number of hydrogen-bond donors (Lipinski definition) is 1. The van der Waals surface area contributed by atoms with E-state index in [4.69, 9.17) is 11.6 Å². The van der Waals surface area contributed by atoms with Crippen LogP contribution in [0.2, 0.25) is 0 Å². The van der Waals surface area contributed by atoms with E-state index in [1.54, 1.807) is 0 Å². The molecule has 16 heavy (non-hydrogen) atoms. The molecule has 0 spiro atoms. The molecular formula is C10H12ClF3N2. The highest BCUT2D eigenvalue weighted by atomic mass is 35.5. The molecule has 2 nitrogen and oxygen atoms in total. The Morgan fingerprint density at radius 2 is 2.12 bits per heavy atom. The predicted octanol–water partition coefficient (Wildman–Crippen LogP) is 3.39. The SMILES string of the molecule is CC(CCl)CNc1ccc(C(F)(F)F)cn1. The summed E-state index contributed by atoms with van der Waals surface area (Å²) in [5, 5.41) is 2.91. The fourth-order valence-electron chi connectivity index (χ4n) is 0.999. The molecule has 0 aliphatic heterocycles. The van der Waals surface area contributed by atoms with Gasteiger partial charge in [-0.25, -0.2) is 4.98 Å². The number of pyridine rings is 1. The lowest BCUT2D eigenvalue weighted by Crippen LogP contribution is -2.13. The fraction of sp³-hybridized carbons (Fsp3) is 0.500. The third-order valence-corrected chi connectivity index (χ3v) is 2.51. The van der Waals surface area contributed by atoms with Gasteiger partial charge in [0.05, 0.1) is 5.56 Å². The van der Waals surface area contributed by atoms with Crippen molar-refractivity contribution < 1.29 is 13.2 Å². The molecule has 0 saturated carbocycles. The third-order valence-electron chi connectivity index (χ3n) is 1.99. The third kappa shape index (κ3) is 3.89. The smallest absolute Gasteiger partial charge is 0.370 e. The van der Waals surface area contributed by atoms with E-state index in [1.165, 1.54) is 6.07 Å². The number of halogens is 4. The Labute approximate surface area is 96.8 Å². The first-order valence-electron chi connectivity index (χ1n) is 4.76. The molecule has 1 rings (SSSR count). The van der Waals surface area contributed by atoms with Gasteiger partial charge < -0.3 is 5.32 Å². The number of nitrogens with zero attached hydrogens (tertiary/aromatic N) is 1. The van der Waals surface area contributed by atoms with Crippen LogP contribution >= 0.6 is 11.6 Å². The first-order chi connectivity index (χ1) is 7.43. The molecule has 0 fully saturated rings. The molecule has 1 atom stereocenters. The largest absolute Gasteiger partial charge is 0.417 e. The number of rotatable bonds is 4. The van der Waals surface area contributed by atoms with Gasteiger partial charge in [0.1, 0.15) is 5.82 Å². The molecular weight excluding hydrogens is 241 g/mol. The van der Waals surface area contributed by atoms with Crippen molar-refractivity contribution in [2.24, 2.45) is 5.92 Å². The van der Waals surface area contributed by atoms with Gasteiger partial charge in [-0.1, -0.05) is 6.92 Å². The molecule has 0 aromatic carbocycles. The van der Waals surface area contributed by atoms with Gasteiger partial charge in [-0.15, -0.1) is 11.6 Å². The number of alkyl halides is 4. The maximum Gasteiger partial charge on any atom is 0.417 e. The normalized spacial score (nSPS) is 13.6. The number of hydrogen-bond acceptors (Lipinski definition) is 2. The van der Waals surface area contributed by atoms with E-state index in [1.807, 2.05) is 6.92 Å². The van der Waals surface area contributed by atoms with Crippen LogP contribution in [0, 0.1) is 5.92 Å². The van der Waals surface area contributed by atoms with Crippen LogP contribution in [0.4, 0.5) is 19.0 Å². The second-order valence-corrected chi connectivity index (χ2v) is 3.88. The van der Waals surface area contributed by atoms with Crippen molar-refractivity contribution in [2.45, 2.75) is 13.1 Å². The molecule has 1 unspecified atom stereocenters. The van der Waals surface area contributed by atoms with E-state index in [9.17, 15) is 13.2 Å². The van der Waals surface area contributed by atoms with Crippen LogP contribution in [0.5, 0.6) is 0 Å². The van der Waals surface area contributed by atoms with E-state index in [0.717, 1.165) is 12.3 Å². The molecule has 1 N–H and O–H groups in total. The van der Waals surface area contributed by atoms with E-state index in [2.05, 4.69) is 10.3 Å². The maximum atomic E-state index is 12.2. The minimum atomic E-state index is -4.34. The summed E-state index contributed by atoms with van der Waals surface area (Å²) >= 11 is 5.59. The van der Waals surface area contributed by atoms with Crippen LogP contribution in [0.25, 0.3) is 0 Å². The van der Waals surface area contributed by atoms with Gasteiger partial charge in [0.2, 0.25) is 0 Å². The average Bonchev–Trinajstić information content (AvgIpc) is 2.25. The molecule has 0 amide bonds. The highest BCUT2D eigenvalue weighted by molar-refractivity contribution is 6.18. The first-order valence-corrected chi connectivity index (χ1v) is 5.30. The zero-order chi connectivity index (χ0) is 12.2. The van der Waals surface area contributed by atoms with E-state index in [0.29, 0.717) is 18.2 Å². The summed E-state index contributed by atoms with van der Waals surface area (Å²) in [7, 11) is 0. The molecule has 1 aromatic heterocycles. The van der Waals surface area contributed by atoms with Crippen molar-refractivity contribution in [1.29, 1.82) is 0 Å². The fourth-order valence-corrected chi connectivity index (χ4v) is 1.11. The van der Waals surface area contributed by atoms with Crippen LogP contribution in [0.1, 0.15) is 12.5 Å². The Morgan fingerprint density at radius 1 is 1.44 bits per heavy atom. The summed E-state index contributed by atoms with van der Waals surface area (Å²) in [5.41, 5.74) is -0.747. The van der Waals surface area contributed by atoms with Gasteiger partial charge in [-0.2, -0.15) is 13.2 Å². The van der Waals surface area contributed by atoms with Crippen LogP contribution in [-0.4, -0.2) is 17.4 Å². The van der Waals surface area contributed by atoms with Gasteiger partial charge >= 0.3 is 6.18 Å². The summed E-state index contributed by atoms with van der Waals surface area (Å²) in [6.45, 7) is 2.52. The summed E-state index contributed by atoms with van der Waals surface area (Å²) < 4.78 is 36.6. The Balaban J connectivity index is 2.58. The molecule has 0 radical (unpaired) electrons. The number of aromatic nitrogens is 1. The van der Waals surface area contributed by atoms with Gasteiger partial charge in [0, 0.05) is 18.6 Å². The second kappa shape index (κ2) is 5.39. The van der Waals surface area contributed by atoms with Gasteiger partial charge in [0.25, 0.3) is 0 Å². The van der Waals surface area contributed by atoms with Crippen molar-refractivity contribution in [3.05, 3.63) is 23.9 Å². The highest BCUT2D eigenvalue weighted by Crippen LogP contribution is 2.28. The Hall–Kier alpha value is -0.970. The van der Waals surface area contributed by atoms with E-state index in [-0.39, 0.29) is 5.92 Å². The quantitative estimate of drug-likeness (QED) is 0.831. The molecule has 90 valence electrons. The van der Waals surface area contributed by atoms with Crippen LogP contribution in [0.3, 0.4) is 0 Å². The number of anilines is 1. The van der Waals surface area contributed by atoms with Crippen LogP contribution in [0.15, 0.2) is 18.3 Å². The van der Waals surface area contributed by atoms with Gasteiger partial charge in [0.15, 0.2) is 0 Å². The summed E-state index contributed by atoms with van der Waals surface area (Å²) in [5.74, 6) is 1.16. The zero-order valence-corrected chi connectivity index (χ0v) is 9.44. The van der Waals surface area contributed by atoms with Crippen molar-refractivity contribution in [3.8, 4) is 0 Å². The van der Waals surface area contributed by atoms with Crippen molar-refractivity contribution in [1.82, 2.24) is 4.98 Å². The number of nitrogens with one attached hydrogen (secondary N) is 1. The van der Waals surface area contributed by atoms with Crippen molar-refractivity contribution in [3.63, 3.8) is 0 Å². The molecule has 1 heterocycles. The standard InChI is InChI=1S/C10H12ClF3N2/c1-7(4-11)5-15-9-3-2-8(6-16-9)10(12,13)14/h2-3,6-7H,4-5H2,1H3,(H,15,16). The van der Waals surface area contributed by atoms with Crippen molar-refractivity contribution >= 4 is 17.4 Å². The molecule has 0 saturated heterocycles. The lowest BCUT2D eigenvalue weighted by Gasteiger charge is -2.11. The molecule has 6 heteroatoms. The van der Waals surface area contributed by atoms with Crippen LogP contribution in [-0.2, 0) is 6.18 Å². The predicted molar refractivity (Wildman–Crippen MR) is 57.6 cm³/mol. The molecule has 1 aromatic rings. The van der Waals surface area contributed by atoms with Gasteiger partial charge in [-0.05, 0) is 18.1 Å². The summed E-state index contributed by atoms with van der Waals surface area (Å²) in [6, 6.07) is 2.31. The monoisotopic (exact) mass is 252 g/mol. The topological polar surface area (TPSA) is 24.9 Å². The summed E-state index contributed by atoms with van der Waals surface area (Å²) in [6.07, 6.45) is -3.53. The molecule has 0 bridgehead atoms. The average molecular weight is 253 g/mol. The first kappa shape index (κ1) is 13.1. The second-order valence-electron chi connectivity index (χ2n) is 3.57. The minimum absolute atomic E-state index is 0.241. The lowest BCUT2D eigenvalue weighted by atomic mass is 10.2. The van der Waals surface area contributed by atoms with Gasteiger partial charge in [-0.3, -0.25) is 0 Å². The minimum Gasteiger partial charge on any atom is -0.370 e. The summed E-state index contributed by atoms with van der Waals surface area (Å²) in [4.78, 5) is 3.68. The molecule has 0 aliphatic rings. The Bertz CT molecular complexity index is 324. The Kier molecular flexibility index (Phi) is 4.41. The molecule has 0 aliphatic carbocycles. The maximum absolute atomic E-state index is 12.2. The zero-order valence-electron chi connectivity index (χ0n) is 8.68. The Morgan fingerprint density at radius 3 is 2.56 bits per heavy atom. The van der Waals surface area contributed by atoms with E-state index < -0.39 is 11.7 Å².